The molecule has 2 aliphatic heterocycles. The van der Waals surface area contributed by atoms with Gasteiger partial charge in [0.15, 0.2) is 0 Å². The van der Waals surface area contributed by atoms with Gasteiger partial charge in [-0.15, -0.1) is 0 Å². The highest BCUT2D eigenvalue weighted by Gasteiger charge is 2.34. The molecule has 132 valence electrons. The summed E-state index contributed by atoms with van der Waals surface area (Å²) in [5.41, 5.74) is -0.737. The van der Waals surface area contributed by atoms with Crippen molar-refractivity contribution >= 4 is 5.91 Å². The summed E-state index contributed by atoms with van der Waals surface area (Å²) in [4.78, 5) is 20.2. The van der Waals surface area contributed by atoms with Crippen LogP contribution in [-0.4, -0.2) is 52.9 Å². The normalized spacial score (nSPS) is 22.8. The lowest BCUT2D eigenvalue weighted by Crippen LogP contribution is -2.44. The fourth-order valence-corrected chi connectivity index (χ4v) is 3.59. The molecule has 7 heteroatoms. The minimum atomic E-state index is -4.48. The maximum Gasteiger partial charge on any atom is 0.433 e. The molecule has 1 amide bonds. The summed E-state index contributed by atoms with van der Waals surface area (Å²) in [6.07, 6.45) is 2.12. The number of aromatic nitrogens is 1. The molecule has 2 fully saturated rings. The average Bonchev–Trinajstić information content (AvgIpc) is 3.02. The number of amides is 1. The van der Waals surface area contributed by atoms with Crippen LogP contribution in [0, 0.1) is 0 Å². The molecule has 1 aromatic rings. The molecule has 0 saturated carbocycles. The fourth-order valence-electron chi connectivity index (χ4n) is 3.59. The van der Waals surface area contributed by atoms with Crippen LogP contribution in [-0.2, 0) is 6.18 Å². The summed E-state index contributed by atoms with van der Waals surface area (Å²) in [7, 11) is 0. The van der Waals surface area contributed by atoms with Gasteiger partial charge in [0.05, 0.1) is 5.56 Å². The second-order valence-electron chi connectivity index (χ2n) is 6.59. The smallest absolute Gasteiger partial charge is 0.334 e. The van der Waals surface area contributed by atoms with Crippen LogP contribution in [0.15, 0.2) is 18.3 Å². The van der Waals surface area contributed by atoms with E-state index in [1.165, 1.54) is 25.3 Å². The molecule has 0 radical (unpaired) electrons. The molecule has 4 nitrogen and oxygen atoms in total. The Bertz CT molecular complexity index is 567. The van der Waals surface area contributed by atoms with Gasteiger partial charge in [-0.1, -0.05) is 6.42 Å². The molecule has 0 N–H and O–H groups in total. The van der Waals surface area contributed by atoms with Crippen molar-refractivity contribution in [3.05, 3.63) is 29.6 Å². The van der Waals surface area contributed by atoms with Crippen LogP contribution < -0.4 is 0 Å². The van der Waals surface area contributed by atoms with Gasteiger partial charge in [-0.2, -0.15) is 13.2 Å². The molecule has 0 bridgehead atoms. The number of carbonyl (C=O) groups excluding carboxylic acids is 1. The van der Waals surface area contributed by atoms with E-state index in [1.54, 1.807) is 4.90 Å². The Morgan fingerprint density at radius 3 is 2.50 bits per heavy atom. The summed E-state index contributed by atoms with van der Waals surface area (Å²) >= 11 is 0. The van der Waals surface area contributed by atoms with Gasteiger partial charge < -0.3 is 9.80 Å². The van der Waals surface area contributed by atoms with Crippen molar-refractivity contribution in [1.29, 1.82) is 0 Å². The van der Waals surface area contributed by atoms with Crippen LogP contribution in [0.5, 0.6) is 0 Å². The Morgan fingerprint density at radius 1 is 1.12 bits per heavy atom. The van der Waals surface area contributed by atoms with Crippen LogP contribution in [0.1, 0.15) is 48.2 Å². The molecule has 0 spiro atoms. The molecule has 2 aliphatic rings. The Balaban J connectivity index is 1.66. The Labute approximate surface area is 139 Å². The molecule has 3 heterocycles. The monoisotopic (exact) mass is 341 g/mol. The third-order valence-electron chi connectivity index (χ3n) is 4.86. The van der Waals surface area contributed by atoms with E-state index in [-0.39, 0.29) is 17.5 Å². The van der Waals surface area contributed by atoms with Gasteiger partial charge >= 0.3 is 6.18 Å². The molecule has 1 atom stereocenters. The molecule has 1 unspecified atom stereocenters. The average molecular weight is 341 g/mol. The Morgan fingerprint density at radius 2 is 1.88 bits per heavy atom. The highest BCUT2D eigenvalue weighted by Crippen LogP contribution is 2.28. The molecule has 0 aromatic carbocycles. The summed E-state index contributed by atoms with van der Waals surface area (Å²) in [5.74, 6) is -0.212. The Kier molecular flexibility index (Phi) is 5.08. The first-order valence-electron chi connectivity index (χ1n) is 8.52. The van der Waals surface area contributed by atoms with Gasteiger partial charge in [-0.05, 0) is 50.9 Å². The van der Waals surface area contributed by atoms with E-state index < -0.39 is 11.9 Å². The minimum Gasteiger partial charge on any atom is -0.334 e. The zero-order valence-corrected chi connectivity index (χ0v) is 13.6. The quantitative estimate of drug-likeness (QED) is 0.847. The number of halogens is 3. The predicted octanol–water partition coefficient (Wildman–Crippen LogP) is 3.19. The number of piperidine rings is 1. The number of alkyl halides is 3. The third kappa shape index (κ3) is 3.88. The number of pyridine rings is 1. The maximum atomic E-state index is 12.6. The standard InChI is InChI=1S/C17H22F3N3O/c18-17(19,20)15-7-6-13(11-21-15)16(24)23-10-4-5-14(23)12-22-8-2-1-3-9-22/h6-7,11,14H,1-5,8-10,12H2. The van der Waals surface area contributed by atoms with E-state index in [2.05, 4.69) is 9.88 Å². The van der Waals surface area contributed by atoms with Crippen LogP contribution in [0.25, 0.3) is 0 Å². The van der Waals surface area contributed by atoms with Gasteiger partial charge in [-0.3, -0.25) is 9.78 Å². The van der Waals surface area contributed by atoms with E-state index in [0.717, 1.165) is 44.7 Å². The van der Waals surface area contributed by atoms with E-state index in [0.29, 0.717) is 6.54 Å². The first-order valence-corrected chi connectivity index (χ1v) is 8.52. The molecule has 0 aliphatic carbocycles. The van der Waals surface area contributed by atoms with Crippen molar-refractivity contribution in [3.63, 3.8) is 0 Å². The number of rotatable bonds is 3. The van der Waals surface area contributed by atoms with Crippen molar-refractivity contribution in [2.75, 3.05) is 26.2 Å². The lowest BCUT2D eigenvalue weighted by Gasteiger charge is -2.33. The number of hydrogen-bond acceptors (Lipinski definition) is 3. The first kappa shape index (κ1) is 17.2. The van der Waals surface area contributed by atoms with Crippen LogP contribution in [0.3, 0.4) is 0 Å². The zero-order chi connectivity index (χ0) is 17.2. The second-order valence-corrected chi connectivity index (χ2v) is 6.59. The van der Waals surface area contributed by atoms with Crippen molar-refractivity contribution < 1.29 is 18.0 Å². The van der Waals surface area contributed by atoms with Gasteiger partial charge in [0.2, 0.25) is 0 Å². The van der Waals surface area contributed by atoms with Gasteiger partial charge in [0.1, 0.15) is 5.69 Å². The molecule has 2 saturated heterocycles. The minimum absolute atomic E-state index is 0.151. The summed E-state index contributed by atoms with van der Waals surface area (Å²) < 4.78 is 37.7. The largest absolute Gasteiger partial charge is 0.433 e. The highest BCUT2D eigenvalue weighted by atomic mass is 19.4. The first-order chi connectivity index (χ1) is 11.4. The van der Waals surface area contributed by atoms with E-state index in [1.807, 2.05) is 0 Å². The Hall–Kier alpha value is -1.63. The van der Waals surface area contributed by atoms with Crippen molar-refractivity contribution in [1.82, 2.24) is 14.8 Å². The molecule has 1 aromatic heterocycles. The van der Waals surface area contributed by atoms with Crippen molar-refractivity contribution in [2.24, 2.45) is 0 Å². The number of carbonyl (C=O) groups is 1. The van der Waals surface area contributed by atoms with Crippen LogP contribution in [0.4, 0.5) is 13.2 Å². The van der Waals surface area contributed by atoms with E-state index in [4.69, 9.17) is 0 Å². The van der Waals surface area contributed by atoms with Crippen LogP contribution >= 0.6 is 0 Å². The van der Waals surface area contributed by atoms with Crippen molar-refractivity contribution in [3.8, 4) is 0 Å². The molecule has 3 rings (SSSR count). The van der Waals surface area contributed by atoms with Gasteiger partial charge in [0.25, 0.3) is 5.91 Å². The lowest BCUT2D eigenvalue weighted by molar-refractivity contribution is -0.141. The van der Waals surface area contributed by atoms with Gasteiger partial charge in [-0.25, -0.2) is 0 Å². The number of nitrogens with zero attached hydrogens (tertiary/aromatic N) is 3. The van der Waals surface area contributed by atoms with E-state index >= 15 is 0 Å². The predicted molar refractivity (Wildman–Crippen MR) is 83.6 cm³/mol. The topological polar surface area (TPSA) is 36.4 Å². The fraction of sp³-hybridized carbons (Fsp3) is 0.647. The SMILES string of the molecule is O=C(c1ccc(C(F)(F)F)nc1)N1CCCC1CN1CCCCC1. The summed E-state index contributed by atoms with van der Waals surface area (Å²) in [6, 6.07) is 2.26. The molecular weight excluding hydrogens is 319 g/mol. The number of hydrogen-bond donors (Lipinski definition) is 0. The summed E-state index contributed by atoms with van der Waals surface area (Å²) in [5, 5.41) is 0. The third-order valence-corrected chi connectivity index (χ3v) is 4.86. The zero-order valence-electron chi connectivity index (χ0n) is 13.6. The summed E-state index contributed by atoms with van der Waals surface area (Å²) in [6.45, 7) is 3.67. The van der Waals surface area contributed by atoms with E-state index in [9.17, 15) is 18.0 Å². The highest BCUT2D eigenvalue weighted by molar-refractivity contribution is 5.94. The number of likely N-dealkylation sites (tertiary alicyclic amines) is 2. The second kappa shape index (κ2) is 7.09. The van der Waals surface area contributed by atoms with Crippen molar-refractivity contribution in [2.45, 2.75) is 44.3 Å². The molecule has 24 heavy (non-hydrogen) atoms. The van der Waals surface area contributed by atoms with Gasteiger partial charge in [0, 0.05) is 25.3 Å². The maximum absolute atomic E-state index is 12.6. The van der Waals surface area contributed by atoms with Crippen LogP contribution in [0.2, 0.25) is 0 Å². The lowest BCUT2D eigenvalue weighted by atomic mass is 10.1. The molecular formula is C17H22F3N3O.